The van der Waals surface area contributed by atoms with E-state index in [4.69, 9.17) is 34.9 Å². The molecule has 3 aliphatic rings. The minimum Gasteiger partial charge on any atom is -0.354 e. The molecule has 8 heterocycles. The molecule has 10 aromatic rings. The molecule has 0 fully saturated rings. The summed E-state index contributed by atoms with van der Waals surface area (Å²) in [7, 11) is 1.98. The number of pyridine rings is 7. The average molecular weight is 1060 g/mol. The Morgan fingerprint density at radius 2 is 0.853 bits per heavy atom. The third kappa shape index (κ3) is 5.48. The van der Waals surface area contributed by atoms with Crippen molar-refractivity contribution < 1.29 is 25.6 Å². The van der Waals surface area contributed by atoms with E-state index in [9.17, 15) is 0 Å². The van der Waals surface area contributed by atoms with Crippen molar-refractivity contribution in [1.82, 2.24) is 39.5 Å². The summed E-state index contributed by atoms with van der Waals surface area (Å²) < 4.78 is 4.02. The molecule has 0 atom stereocenters. The Kier molecular flexibility index (Phi) is 9.35. The monoisotopic (exact) mass is 1060 g/mol. The van der Waals surface area contributed by atoms with Gasteiger partial charge in [0.15, 0.2) is 5.54 Å². The number of benzene rings is 2. The van der Waals surface area contributed by atoms with Gasteiger partial charge in [0.05, 0.1) is 40.9 Å². The van der Waals surface area contributed by atoms with Crippen molar-refractivity contribution >= 4 is 0 Å². The summed E-state index contributed by atoms with van der Waals surface area (Å²) in [6.45, 7) is 6.69. The molecule has 0 bridgehead atoms. The second-order valence-corrected chi connectivity index (χ2v) is 18.6. The molecule has 0 N–H and O–H groups in total. The molecule has 0 saturated carbocycles. The van der Waals surface area contributed by atoms with Crippen molar-refractivity contribution in [2.45, 2.75) is 42.6 Å². The zero-order chi connectivity index (χ0) is 45.1. The molecule has 8 aromatic heterocycles. The molecule has 0 aliphatic heterocycles. The number of hydrogen-bond donors (Lipinski definition) is 0. The Morgan fingerprint density at radius 3 is 1.29 bits per heavy atom. The Hall–Kier alpha value is -7.61. The van der Waals surface area contributed by atoms with Gasteiger partial charge in [-0.15, -0.1) is 22.3 Å². The van der Waals surface area contributed by atoms with Crippen LogP contribution in [0.2, 0.25) is 0 Å². The van der Waals surface area contributed by atoms with Crippen LogP contribution in [0.3, 0.4) is 0 Å². The van der Waals surface area contributed by atoms with Crippen molar-refractivity contribution in [3.05, 3.63) is 263 Å². The molecule has 0 spiro atoms. The standard InChI is InChI=1S/C58H41N9.Pt/c1-55(2,3)37-23-30-59-48(35-37)57(51-44(19-9-26-62-51)45-20-10-27-63-52(45)57)40-15-5-13-38(33-40)56(49-42(17-7-24-60-49)43-18-8-25-61-50(43)56)39-14-6-16-41(34-39)58(67-32-31-66(4)36-67)53-46(21-11-28-64-53)47-22-12-29-65-54(47)58;/h5-32,35H,1-4H3;/q-2;. The molecule has 0 radical (unpaired) electrons. The Balaban J connectivity index is 0.00000480. The summed E-state index contributed by atoms with van der Waals surface area (Å²) in [5, 5.41) is 0. The van der Waals surface area contributed by atoms with Crippen LogP contribution in [0.1, 0.15) is 88.4 Å². The van der Waals surface area contributed by atoms with Crippen LogP contribution in [0.25, 0.3) is 33.4 Å². The van der Waals surface area contributed by atoms with Gasteiger partial charge >= 0.3 is 0 Å². The molecule has 0 amide bonds. The van der Waals surface area contributed by atoms with Gasteiger partial charge in [-0.25, -0.2) is 0 Å². The van der Waals surface area contributed by atoms with Crippen molar-refractivity contribution in [1.29, 1.82) is 0 Å². The second kappa shape index (κ2) is 15.2. The van der Waals surface area contributed by atoms with Crippen LogP contribution in [0.5, 0.6) is 0 Å². The maximum absolute atomic E-state index is 5.32. The van der Waals surface area contributed by atoms with Crippen molar-refractivity contribution in [2.24, 2.45) is 7.05 Å². The zero-order valence-electron chi connectivity index (χ0n) is 37.6. The van der Waals surface area contributed by atoms with Crippen molar-refractivity contribution in [2.75, 3.05) is 0 Å². The number of aromatic nitrogens is 9. The van der Waals surface area contributed by atoms with Gasteiger partial charge in [0.25, 0.3) is 0 Å². The Labute approximate surface area is 409 Å². The van der Waals surface area contributed by atoms with Crippen LogP contribution >= 0.6 is 0 Å². The fraction of sp³-hybridized carbons (Fsp3) is 0.138. The minimum atomic E-state index is -1.11. The number of hydrogen-bond acceptors (Lipinski definition) is 7. The molecule has 10 heteroatoms. The van der Waals surface area contributed by atoms with Crippen LogP contribution in [0.15, 0.2) is 177 Å². The van der Waals surface area contributed by atoms with E-state index < -0.39 is 16.4 Å². The molecule has 0 unspecified atom stereocenters. The van der Waals surface area contributed by atoms with Gasteiger partial charge in [-0.2, -0.15) is 48.5 Å². The number of rotatable bonds is 6. The topological polar surface area (TPSA) is 99.0 Å². The summed E-state index contributed by atoms with van der Waals surface area (Å²) in [6, 6.07) is 50.2. The third-order valence-electron chi connectivity index (χ3n) is 14.1. The van der Waals surface area contributed by atoms with Gasteiger partial charge in [-0.3, -0.25) is 34.9 Å². The van der Waals surface area contributed by atoms with E-state index in [0.29, 0.717) is 0 Å². The molecular weight excluding hydrogens is 1020 g/mol. The molecule has 68 heavy (non-hydrogen) atoms. The van der Waals surface area contributed by atoms with Crippen LogP contribution in [-0.2, 0) is 49.9 Å². The van der Waals surface area contributed by atoms with Crippen LogP contribution in [0.4, 0.5) is 0 Å². The first-order valence-corrected chi connectivity index (χ1v) is 22.5. The molecular formula is C58H41N9Pt-2. The SMILES string of the molecule is C[n+]1[c-]n(C2(c3[c-]c(C4(c5[c-]c(C6(c7cc(C(C)(C)C)ccn7)c7ncccc7-c7cccnc76)ccc5)c5ncccc5-c5cccnc54)ccc3)c3ncccc3-c3cccnc32)cc1.[Pt]. The summed E-state index contributed by atoms with van der Waals surface area (Å²) in [6.07, 6.45) is 20.8. The van der Waals surface area contributed by atoms with Gasteiger partial charge in [0.2, 0.25) is 6.33 Å². The predicted octanol–water partition coefficient (Wildman–Crippen LogP) is 9.32. The van der Waals surface area contributed by atoms with Gasteiger partial charge in [0, 0.05) is 97.8 Å². The van der Waals surface area contributed by atoms with E-state index in [1.54, 1.807) is 0 Å². The molecule has 2 aromatic carbocycles. The van der Waals surface area contributed by atoms with E-state index in [1.165, 1.54) is 0 Å². The minimum absolute atomic E-state index is 0. The first-order chi connectivity index (χ1) is 32.8. The van der Waals surface area contributed by atoms with Crippen molar-refractivity contribution in [3.63, 3.8) is 0 Å². The summed E-state index contributed by atoms with van der Waals surface area (Å²) in [5.74, 6) is 0. The van der Waals surface area contributed by atoms with E-state index in [1.807, 2.05) is 104 Å². The largest absolute Gasteiger partial charge is 0.354 e. The first-order valence-electron chi connectivity index (χ1n) is 22.5. The maximum atomic E-state index is 5.32. The average Bonchev–Trinajstić information content (AvgIpc) is 4.11. The van der Waals surface area contributed by atoms with Crippen LogP contribution < -0.4 is 4.57 Å². The molecule has 0 saturated heterocycles. The Morgan fingerprint density at radius 1 is 0.456 bits per heavy atom. The Bertz CT molecular complexity index is 3510. The predicted molar refractivity (Wildman–Crippen MR) is 254 cm³/mol. The number of fused-ring (bicyclic) bond motifs is 9. The van der Waals surface area contributed by atoms with E-state index in [-0.39, 0.29) is 26.5 Å². The number of nitrogens with zero attached hydrogens (tertiary/aromatic N) is 9. The first kappa shape index (κ1) is 41.8. The second-order valence-electron chi connectivity index (χ2n) is 18.6. The van der Waals surface area contributed by atoms with Gasteiger partial charge < -0.3 is 9.13 Å². The summed E-state index contributed by atoms with van der Waals surface area (Å²) >= 11 is 0. The summed E-state index contributed by atoms with van der Waals surface area (Å²) in [5.41, 5.74) is 13.2. The quantitative estimate of drug-likeness (QED) is 0.121. The van der Waals surface area contributed by atoms with Gasteiger partial charge in [0.1, 0.15) is 16.8 Å². The van der Waals surface area contributed by atoms with Crippen molar-refractivity contribution in [3.8, 4) is 33.4 Å². The molecule has 3 aliphatic carbocycles. The summed E-state index contributed by atoms with van der Waals surface area (Å²) in [4.78, 5) is 36.6. The number of imidazole rings is 1. The zero-order valence-corrected chi connectivity index (χ0v) is 39.9. The van der Waals surface area contributed by atoms with Crippen LogP contribution in [-0.4, -0.2) is 39.5 Å². The van der Waals surface area contributed by atoms with Gasteiger partial charge in [-0.05, 0) is 71.9 Å². The maximum Gasteiger partial charge on any atom is 0.204 e. The third-order valence-corrected chi connectivity index (χ3v) is 14.1. The van der Waals surface area contributed by atoms with Crippen LogP contribution in [0, 0.1) is 18.5 Å². The molecule has 13 rings (SSSR count). The number of aryl methyl sites for hydroxylation is 1. The van der Waals surface area contributed by atoms with Gasteiger partial charge in [-0.1, -0.05) is 57.2 Å². The molecule has 9 nitrogen and oxygen atoms in total. The van der Waals surface area contributed by atoms with E-state index >= 15 is 0 Å². The van der Waals surface area contributed by atoms with E-state index in [2.05, 4.69) is 129 Å². The van der Waals surface area contributed by atoms with E-state index in [0.717, 1.165) is 101 Å². The smallest absolute Gasteiger partial charge is 0.204 e. The molecule has 330 valence electrons. The normalized spacial score (nSPS) is 15.0. The fourth-order valence-electron chi connectivity index (χ4n) is 11.2. The fourth-order valence-corrected chi connectivity index (χ4v) is 11.2.